The van der Waals surface area contributed by atoms with Crippen LogP contribution in [0.15, 0.2) is 87.1 Å². The third-order valence-electron chi connectivity index (χ3n) is 5.89. The molecule has 0 spiro atoms. The summed E-state index contributed by atoms with van der Waals surface area (Å²) >= 11 is 2.93. The van der Waals surface area contributed by atoms with Crippen molar-refractivity contribution in [2.24, 2.45) is 4.99 Å². The molecule has 1 atom stereocenters. The van der Waals surface area contributed by atoms with Crippen LogP contribution >= 0.6 is 22.7 Å². The molecule has 3 heterocycles. The summed E-state index contributed by atoms with van der Waals surface area (Å²) < 4.78 is 7.54. The molecule has 4 aromatic rings. The molecule has 0 saturated carbocycles. The van der Waals surface area contributed by atoms with Gasteiger partial charge < -0.3 is 10.1 Å². The Morgan fingerprint density at radius 2 is 1.83 bits per heavy atom. The fourth-order valence-electron chi connectivity index (χ4n) is 4.08. The molecular weight excluding hydrogens is 478 g/mol. The highest BCUT2D eigenvalue weighted by molar-refractivity contribution is 7.11. The molecular formula is C27H23N3O3S2. The number of hydrogen-bond donors (Lipinski definition) is 1. The zero-order valence-electron chi connectivity index (χ0n) is 19.4. The van der Waals surface area contributed by atoms with Gasteiger partial charge in [0.25, 0.3) is 11.5 Å². The molecule has 1 aliphatic rings. The number of aromatic nitrogens is 1. The number of amides is 1. The van der Waals surface area contributed by atoms with Gasteiger partial charge in [0.2, 0.25) is 0 Å². The summed E-state index contributed by atoms with van der Waals surface area (Å²) in [7, 11) is 1.60. The summed E-state index contributed by atoms with van der Waals surface area (Å²) in [5, 5.41) is 4.97. The predicted molar refractivity (Wildman–Crippen MR) is 141 cm³/mol. The number of carbonyl (C=O) groups excluding carboxylic acids is 1. The quantitative estimate of drug-likeness (QED) is 0.444. The van der Waals surface area contributed by atoms with Crippen LogP contribution in [0.5, 0.6) is 5.75 Å². The number of thiazole rings is 1. The van der Waals surface area contributed by atoms with Crippen molar-refractivity contribution in [2.75, 3.05) is 12.4 Å². The number of thiophene rings is 1. The minimum atomic E-state index is -0.618. The Kier molecular flexibility index (Phi) is 6.23. The summed E-state index contributed by atoms with van der Waals surface area (Å²) in [5.41, 5.74) is 3.45. The lowest BCUT2D eigenvalue weighted by molar-refractivity contribution is -0.113. The second-order valence-electron chi connectivity index (χ2n) is 8.14. The van der Waals surface area contributed by atoms with E-state index in [2.05, 4.69) is 5.32 Å². The second kappa shape index (κ2) is 9.48. The number of aryl methyl sites for hydroxylation is 1. The topological polar surface area (TPSA) is 72.7 Å². The van der Waals surface area contributed by atoms with Gasteiger partial charge in [-0.15, -0.1) is 11.3 Å². The largest absolute Gasteiger partial charge is 0.497 e. The number of nitrogens with zero attached hydrogens (tertiary/aromatic N) is 2. The molecule has 0 unspecified atom stereocenters. The smallest absolute Gasteiger partial charge is 0.271 e. The van der Waals surface area contributed by atoms with E-state index in [-0.39, 0.29) is 11.5 Å². The number of methoxy groups -OCH3 is 1. The van der Waals surface area contributed by atoms with Gasteiger partial charge in [-0.05, 0) is 66.8 Å². The average molecular weight is 502 g/mol. The highest BCUT2D eigenvalue weighted by Gasteiger charge is 2.32. The van der Waals surface area contributed by atoms with Gasteiger partial charge >= 0.3 is 0 Å². The Hall–Kier alpha value is -3.75. The van der Waals surface area contributed by atoms with Gasteiger partial charge in [0.1, 0.15) is 5.75 Å². The van der Waals surface area contributed by atoms with Gasteiger partial charge in [-0.25, -0.2) is 4.99 Å². The molecule has 0 bridgehead atoms. The van der Waals surface area contributed by atoms with E-state index in [1.807, 2.05) is 86.0 Å². The fraction of sp³-hybridized carbons (Fsp3) is 0.148. The van der Waals surface area contributed by atoms with Gasteiger partial charge in [0, 0.05) is 10.6 Å². The van der Waals surface area contributed by atoms with Gasteiger partial charge in [-0.1, -0.05) is 41.7 Å². The van der Waals surface area contributed by atoms with Crippen LogP contribution in [0.25, 0.3) is 6.08 Å². The van der Waals surface area contributed by atoms with E-state index >= 15 is 0 Å². The van der Waals surface area contributed by atoms with Crippen LogP contribution in [0.1, 0.15) is 29.0 Å². The molecule has 2 aromatic heterocycles. The first-order valence-corrected chi connectivity index (χ1v) is 12.7. The lowest BCUT2D eigenvalue weighted by atomic mass is 9.95. The highest BCUT2D eigenvalue weighted by Crippen LogP contribution is 2.31. The van der Waals surface area contributed by atoms with Gasteiger partial charge in [-0.2, -0.15) is 0 Å². The standard InChI is InChI=1S/C27H23N3O3S2/c1-16-13-14-34-21(16)15-22-26(32)30-24(18-9-11-20(33-3)12-10-18)23(17(2)28-27(30)35-22)25(31)29-19-7-5-4-6-8-19/h4-15,24H,1-3H3,(H,29,31)/b22-15+/t24-/m1/s1. The van der Waals surface area contributed by atoms with E-state index in [0.717, 1.165) is 16.0 Å². The summed E-state index contributed by atoms with van der Waals surface area (Å²) in [6.07, 6.45) is 1.91. The van der Waals surface area contributed by atoms with Crippen LogP contribution in [0.2, 0.25) is 0 Å². The minimum absolute atomic E-state index is 0.167. The normalized spacial score (nSPS) is 15.5. The molecule has 1 N–H and O–H groups in total. The van der Waals surface area contributed by atoms with E-state index in [0.29, 0.717) is 32.0 Å². The molecule has 176 valence electrons. The van der Waals surface area contributed by atoms with Crippen molar-refractivity contribution in [1.82, 2.24) is 4.57 Å². The Labute approximate surface area is 210 Å². The summed E-state index contributed by atoms with van der Waals surface area (Å²) in [6, 6.07) is 18.1. The molecule has 0 fully saturated rings. The van der Waals surface area contributed by atoms with Crippen molar-refractivity contribution in [1.29, 1.82) is 0 Å². The van der Waals surface area contributed by atoms with Crippen LogP contribution in [0.4, 0.5) is 5.69 Å². The average Bonchev–Trinajstić information content (AvgIpc) is 3.41. The third kappa shape index (κ3) is 4.38. The maximum absolute atomic E-state index is 13.7. The van der Waals surface area contributed by atoms with E-state index in [1.165, 1.54) is 11.3 Å². The van der Waals surface area contributed by atoms with Crippen molar-refractivity contribution in [3.63, 3.8) is 0 Å². The maximum Gasteiger partial charge on any atom is 0.271 e. The Morgan fingerprint density at radius 1 is 1.09 bits per heavy atom. The molecule has 0 aliphatic carbocycles. The molecule has 0 radical (unpaired) electrons. The molecule has 35 heavy (non-hydrogen) atoms. The Balaban J connectivity index is 1.68. The number of carbonyl (C=O) groups is 1. The number of rotatable bonds is 5. The first-order chi connectivity index (χ1) is 17.0. The lowest BCUT2D eigenvalue weighted by Crippen LogP contribution is -2.40. The summed E-state index contributed by atoms with van der Waals surface area (Å²) in [6.45, 7) is 3.84. The summed E-state index contributed by atoms with van der Waals surface area (Å²) in [4.78, 5) is 33.5. The van der Waals surface area contributed by atoms with Crippen molar-refractivity contribution in [3.8, 4) is 5.75 Å². The van der Waals surface area contributed by atoms with Crippen molar-refractivity contribution < 1.29 is 9.53 Å². The molecule has 1 amide bonds. The number of allylic oxidation sites excluding steroid dienone is 1. The predicted octanol–water partition coefficient (Wildman–Crippen LogP) is 4.25. The zero-order valence-corrected chi connectivity index (χ0v) is 21.1. The van der Waals surface area contributed by atoms with Crippen LogP contribution in [0, 0.1) is 6.92 Å². The van der Waals surface area contributed by atoms with E-state index in [1.54, 1.807) is 23.0 Å². The van der Waals surface area contributed by atoms with Gasteiger partial charge in [-0.3, -0.25) is 14.2 Å². The van der Waals surface area contributed by atoms with Crippen molar-refractivity contribution >= 4 is 40.3 Å². The first-order valence-electron chi connectivity index (χ1n) is 11.0. The number of benzene rings is 2. The molecule has 2 aromatic carbocycles. The van der Waals surface area contributed by atoms with E-state index in [4.69, 9.17) is 9.73 Å². The number of fused-ring (bicyclic) bond motifs is 1. The lowest BCUT2D eigenvalue weighted by Gasteiger charge is -2.25. The molecule has 5 rings (SSSR count). The van der Waals surface area contributed by atoms with Crippen LogP contribution in [0.3, 0.4) is 0 Å². The molecule has 6 nitrogen and oxygen atoms in total. The van der Waals surface area contributed by atoms with E-state index < -0.39 is 6.04 Å². The maximum atomic E-state index is 13.7. The second-order valence-corrected chi connectivity index (χ2v) is 10.1. The number of hydrogen-bond acceptors (Lipinski definition) is 6. The summed E-state index contributed by atoms with van der Waals surface area (Å²) in [5.74, 6) is 0.409. The Bertz CT molecular complexity index is 1610. The van der Waals surface area contributed by atoms with Crippen LogP contribution in [-0.2, 0) is 4.79 Å². The Morgan fingerprint density at radius 3 is 2.49 bits per heavy atom. The number of anilines is 1. The van der Waals surface area contributed by atoms with E-state index in [9.17, 15) is 9.59 Å². The SMILES string of the molecule is COc1ccc([C@@H]2C(C(=O)Nc3ccccc3)=C(C)N=c3s/c(=C/c4sccc4C)c(=O)n32)cc1. The van der Waals surface area contributed by atoms with Crippen LogP contribution < -0.4 is 24.9 Å². The number of nitrogens with one attached hydrogen (secondary N) is 1. The third-order valence-corrected chi connectivity index (χ3v) is 7.84. The van der Waals surface area contributed by atoms with Crippen molar-refractivity contribution in [2.45, 2.75) is 19.9 Å². The zero-order chi connectivity index (χ0) is 24.5. The monoisotopic (exact) mass is 501 g/mol. The van der Waals surface area contributed by atoms with Gasteiger partial charge in [0.15, 0.2) is 4.80 Å². The molecule has 1 aliphatic heterocycles. The molecule has 0 saturated heterocycles. The van der Waals surface area contributed by atoms with Crippen molar-refractivity contribution in [3.05, 3.63) is 113 Å². The number of ether oxygens (including phenoxy) is 1. The highest BCUT2D eigenvalue weighted by atomic mass is 32.1. The number of para-hydroxylation sites is 1. The fourth-order valence-corrected chi connectivity index (χ4v) is 6.05. The van der Waals surface area contributed by atoms with Crippen LogP contribution in [-0.4, -0.2) is 17.6 Å². The minimum Gasteiger partial charge on any atom is -0.497 e. The first kappa shape index (κ1) is 23.0. The molecule has 8 heteroatoms. The van der Waals surface area contributed by atoms with Gasteiger partial charge in [0.05, 0.1) is 29.0 Å².